The van der Waals surface area contributed by atoms with Gasteiger partial charge in [0.15, 0.2) is 6.61 Å². The molecule has 11 nitrogen and oxygen atoms in total. The van der Waals surface area contributed by atoms with Gasteiger partial charge < -0.3 is 24.1 Å². The summed E-state index contributed by atoms with van der Waals surface area (Å²) in [5, 5.41) is 5.95. The maximum Gasteiger partial charge on any atom is 0.465 e. The molecule has 14 heteroatoms. The number of ether oxygens (including phenoxy) is 4. The number of hydrogen-bond donors (Lipinski definition) is 2. The Kier molecular flexibility index (Phi) is 7.60. The molecule has 5 aliphatic rings. The molecule has 0 aromatic heterocycles. The summed E-state index contributed by atoms with van der Waals surface area (Å²) in [5.74, 6) is -4.46. The summed E-state index contributed by atoms with van der Waals surface area (Å²) >= 11 is 0. The fourth-order valence-corrected chi connectivity index (χ4v) is 7.55. The van der Waals surface area contributed by atoms with Gasteiger partial charge in [-0.2, -0.15) is 17.2 Å². The number of aliphatic hydroxyl groups is 1. The van der Waals surface area contributed by atoms with Crippen LogP contribution in [-0.2, 0) is 43.4 Å². The lowest BCUT2D eigenvalue weighted by atomic mass is 9.50. The largest absolute Gasteiger partial charge is 0.465 e. The standard InChI is InChI=1S/C24H34F2O11S/c1-2-21(6-4-3-5-7-21)36-18(28)12-35-22-9-16-8-20(30,13-22)14-23(10-16,15-22)37-17(27)11-34-19(29)24(25,26)38(31,32)33/h16,30H,2-15H2,1H3,(H,31,32,33). The molecule has 5 fully saturated rings. The SMILES string of the molecule is CCC1(OC(=O)COC23CC4CC(O)(C2)CC(OC(=O)COC(=O)C(F)(F)S(=O)(=O)O)(C4)C3)CCCCC1. The Morgan fingerprint density at radius 1 is 0.921 bits per heavy atom. The van der Waals surface area contributed by atoms with Crippen LogP contribution in [0, 0.1) is 5.92 Å². The number of rotatable bonds is 10. The molecule has 5 saturated carbocycles. The van der Waals surface area contributed by atoms with Crippen LogP contribution in [0.15, 0.2) is 0 Å². The minimum atomic E-state index is -6.09. The van der Waals surface area contributed by atoms with Gasteiger partial charge in [0.05, 0.1) is 11.2 Å². The maximum absolute atomic E-state index is 13.4. The molecule has 5 rings (SSSR count). The van der Waals surface area contributed by atoms with Crippen LogP contribution in [0.3, 0.4) is 0 Å². The Bertz CT molecular complexity index is 1070. The number of carbonyl (C=O) groups is 3. The molecule has 0 spiro atoms. The van der Waals surface area contributed by atoms with Crippen LogP contribution in [-0.4, -0.2) is 76.9 Å². The lowest BCUT2D eigenvalue weighted by Gasteiger charge is -2.63. The zero-order chi connectivity index (χ0) is 28.0. The Balaban J connectivity index is 1.39. The van der Waals surface area contributed by atoms with E-state index in [1.165, 1.54) is 0 Å². The van der Waals surface area contributed by atoms with E-state index >= 15 is 0 Å². The zero-order valence-electron chi connectivity index (χ0n) is 21.2. The van der Waals surface area contributed by atoms with Crippen LogP contribution in [0.4, 0.5) is 8.78 Å². The van der Waals surface area contributed by atoms with Crippen LogP contribution in [0.2, 0.25) is 0 Å². The van der Waals surface area contributed by atoms with Crippen molar-refractivity contribution in [3.8, 4) is 0 Å². The van der Waals surface area contributed by atoms with Crippen molar-refractivity contribution in [2.24, 2.45) is 5.92 Å². The van der Waals surface area contributed by atoms with Gasteiger partial charge >= 0.3 is 33.3 Å². The van der Waals surface area contributed by atoms with Crippen LogP contribution >= 0.6 is 0 Å². The molecule has 0 aromatic rings. The first-order chi connectivity index (χ1) is 17.5. The van der Waals surface area contributed by atoms with Crippen LogP contribution in [0.5, 0.6) is 0 Å². The molecular weight excluding hydrogens is 534 g/mol. The normalized spacial score (nSPS) is 34.0. The number of halogens is 2. The first kappa shape index (κ1) is 29.1. The fraction of sp³-hybridized carbons (Fsp3) is 0.875. The van der Waals surface area contributed by atoms with Crippen LogP contribution < -0.4 is 0 Å². The van der Waals surface area contributed by atoms with Gasteiger partial charge in [0.25, 0.3) is 0 Å². The monoisotopic (exact) mass is 568 g/mol. The van der Waals surface area contributed by atoms with Gasteiger partial charge in [-0.1, -0.05) is 13.3 Å². The molecule has 0 saturated heterocycles. The van der Waals surface area contributed by atoms with Crippen molar-refractivity contribution in [1.82, 2.24) is 0 Å². The Labute approximate surface area is 219 Å². The number of carbonyl (C=O) groups excluding carboxylic acids is 3. The van der Waals surface area contributed by atoms with Gasteiger partial charge in [-0.25, -0.2) is 14.4 Å². The maximum atomic E-state index is 13.4. The van der Waals surface area contributed by atoms with E-state index in [1.54, 1.807) is 0 Å². The molecule has 0 heterocycles. The second kappa shape index (κ2) is 9.93. The third-order valence-electron chi connectivity index (χ3n) is 8.39. The summed E-state index contributed by atoms with van der Waals surface area (Å²) in [6.45, 7) is 0.318. The van der Waals surface area contributed by atoms with Gasteiger partial charge in [-0.3, -0.25) is 4.55 Å². The fourth-order valence-electron chi connectivity index (χ4n) is 7.28. The lowest BCUT2D eigenvalue weighted by molar-refractivity contribution is -0.275. The molecule has 0 aliphatic heterocycles. The molecule has 38 heavy (non-hydrogen) atoms. The second-order valence-electron chi connectivity index (χ2n) is 11.5. The summed E-state index contributed by atoms with van der Waals surface area (Å²) in [5.41, 5.74) is -3.97. The van der Waals surface area contributed by atoms with Gasteiger partial charge in [0.2, 0.25) is 0 Å². The highest BCUT2D eigenvalue weighted by molar-refractivity contribution is 7.87. The van der Waals surface area contributed by atoms with E-state index in [0.29, 0.717) is 25.7 Å². The Morgan fingerprint density at radius 2 is 1.53 bits per heavy atom. The van der Waals surface area contributed by atoms with E-state index in [4.69, 9.17) is 18.8 Å². The van der Waals surface area contributed by atoms with Crippen molar-refractivity contribution in [2.45, 2.75) is 112 Å². The first-order valence-corrected chi connectivity index (χ1v) is 14.3. The third kappa shape index (κ3) is 5.82. The average molecular weight is 569 g/mol. The van der Waals surface area contributed by atoms with Crippen molar-refractivity contribution in [3.05, 3.63) is 0 Å². The Morgan fingerprint density at radius 3 is 2.13 bits per heavy atom. The number of esters is 3. The summed E-state index contributed by atoms with van der Waals surface area (Å²) in [6, 6.07) is 0. The molecule has 216 valence electrons. The van der Waals surface area contributed by atoms with E-state index in [1.807, 2.05) is 6.92 Å². The predicted octanol–water partition coefficient (Wildman–Crippen LogP) is 2.43. The van der Waals surface area contributed by atoms with E-state index in [0.717, 1.165) is 32.1 Å². The molecule has 4 atom stereocenters. The minimum Gasteiger partial charge on any atom is -0.457 e. The van der Waals surface area contributed by atoms with E-state index in [2.05, 4.69) is 4.74 Å². The number of hydrogen-bond acceptors (Lipinski definition) is 10. The first-order valence-electron chi connectivity index (χ1n) is 12.9. The molecule has 4 bridgehead atoms. The molecule has 0 amide bonds. The van der Waals surface area contributed by atoms with E-state index < -0.39 is 62.3 Å². The van der Waals surface area contributed by atoms with Crippen molar-refractivity contribution in [3.63, 3.8) is 0 Å². The molecule has 0 radical (unpaired) electrons. The van der Waals surface area contributed by atoms with E-state index in [9.17, 15) is 36.7 Å². The molecular formula is C24H34F2O11S. The predicted molar refractivity (Wildman–Crippen MR) is 123 cm³/mol. The smallest absolute Gasteiger partial charge is 0.457 e. The van der Waals surface area contributed by atoms with Gasteiger partial charge in [-0.15, -0.1) is 0 Å². The highest BCUT2D eigenvalue weighted by Crippen LogP contribution is 2.61. The quantitative estimate of drug-likeness (QED) is 0.226. The van der Waals surface area contributed by atoms with Crippen molar-refractivity contribution < 1.29 is 60.2 Å². The highest BCUT2D eigenvalue weighted by atomic mass is 32.2. The zero-order valence-corrected chi connectivity index (χ0v) is 22.0. The van der Waals surface area contributed by atoms with Crippen molar-refractivity contribution in [2.75, 3.05) is 13.2 Å². The lowest BCUT2D eigenvalue weighted by Crippen LogP contribution is -2.68. The Hall–Kier alpha value is -1.90. The molecule has 4 unspecified atom stereocenters. The summed E-state index contributed by atoms with van der Waals surface area (Å²) in [6.07, 6.45) is 7.07. The molecule has 2 N–H and O–H groups in total. The van der Waals surface area contributed by atoms with Crippen LogP contribution in [0.1, 0.15) is 84.0 Å². The summed E-state index contributed by atoms with van der Waals surface area (Å²) in [7, 11) is -6.09. The van der Waals surface area contributed by atoms with Gasteiger partial charge in [0, 0.05) is 19.3 Å². The third-order valence-corrected chi connectivity index (χ3v) is 9.20. The number of alkyl halides is 2. The minimum absolute atomic E-state index is 0.0475. The topological polar surface area (TPSA) is 163 Å². The van der Waals surface area contributed by atoms with Crippen LogP contribution in [0.25, 0.3) is 0 Å². The second-order valence-corrected chi connectivity index (χ2v) is 13.0. The summed E-state index contributed by atoms with van der Waals surface area (Å²) < 4.78 is 78.1. The average Bonchev–Trinajstić information content (AvgIpc) is 2.79. The van der Waals surface area contributed by atoms with Crippen molar-refractivity contribution in [1.29, 1.82) is 0 Å². The van der Waals surface area contributed by atoms with Gasteiger partial charge in [0.1, 0.15) is 17.8 Å². The molecule has 0 aromatic carbocycles. The van der Waals surface area contributed by atoms with Gasteiger partial charge in [-0.05, 0) is 57.3 Å². The highest BCUT2D eigenvalue weighted by Gasteiger charge is 2.66. The molecule has 5 aliphatic carbocycles. The van der Waals surface area contributed by atoms with Crippen molar-refractivity contribution >= 4 is 28.0 Å². The van der Waals surface area contributed by atoms with E-state index in [-0.39, 0.29) is 31.8 Å². The summed E-state index contributed by atoms with van der Waals surface area (Å²) in [4.78, 5) is 36.6.